The van der Waals surface area contributed by atoms with Crippen LogP contribution in [-0.4, -0.2) is 6.18 Å². The highest BCUT2D eigenvalue weighted by Crippen LogP contribution is 2.33. The fourth-order valence-corrected chi connectivity index (χ4v) is 3.19. The predicted octanol–water partition coefficient (Wildman–Crippen LogP) is 5.48. The molecule has 0 saturated carbocycles. The Balaban J connectivity index is 2.19. The third kappa shape index (κ3) is 4.86. The first kappa shape index (κ1) is 16.0. The molecule has 1 heterocycles. The van der Waals surface area contributed by atoms with Gasteiger partial charge in [-0.05, 0) is 23.4 Å². The fraction of sp³-hybridized carbons (Fsp3) is 0.375. The van der Waals surface area contributed by atoms with Gasteiger partial charge in [0.2, 0.25) is 0 Å². The van der Waals surface area contributed by atoms with E-state index in [1.54, 1.807) is 35.6 Å². The van der Waals surface area contributed by atoms with Crippen molar-refractivity contribution < 1.29 is 13.2 Å². The van der Waals surface area contributed by atoms with E-state index in [1.165, 1.54) is 0 Å². The Morgan fingerprint density at radius 2 is 1.76 bits per heavy atom. The summed E-state index contributed by atoms with van der Waals surface area (Å²) in [5.41, 5.74) is 0.671. The number of halogens is 3. The molecule has 0 aliphatic carbocycles. The van der Waals surface area contributed by atoms with Crippen LogP contribution in [0.4, 0.5) is 13.2 Å². The van der Waals surface area contributed by atoms with Crippen molar-refractivity contribution in [3.63, 3.8) is 0 Å². The van der Waals surface area contributed by atoms with Crippen LogP contribution in [0.15, 0.2) is 47.8 Å². The summed E-state index contributed by atoms with van der Waals surface area (Å²) in [6.07, 6.45) is -4.30. The van der Waals surface area contributed by atoms with Crippen LogP contribution in [0.3, 0.4) is 0 Å². The molecule has 21 heavy (non-hydrogen) atoms. The molecule has 0 aliphatic rings. The maximum Gasteiger partial charge on any atom is 0.390 e. The van der Waals surface area contributed by atoms with E-state index < -0.39 is 18.6 Å². The third-order valence-corrected chi connectivity index (χ3v) is 4.32. The van der Waals surface area contributed by atoms with Crippen molar-refractivity contribution in [1.29, 1.82) is 0 Å². The molecule has 1 N–H and O–H groups in total. The second kappa shape index (κ2) is 7.09. The van der Waals surface area contributed by atoms with Gasteiger partial charge in [0.25, 0.3) is 0 Å². The van der Waals surface area contributed by atoms with E-state index in [0.717, 1.165) is 11.3 Å². The predicted molar refractivity (Wildman–Crippen MR) is 80.3 cm³/mol. The molecule has 0 aliphatic heterocycles. The van der Waals surface area contributed by atoms with Crippen molar-refractivity contribution in [2.45, 2.75) is 38.0 Å². The molecule has 2 unspecified atom stereocenters. The smallest absolute Gasteiger partial charge is 0.302 e. The molecular formula is C16H18F3NS. The van der Waals surface area contributed by atoms with E-state index in [-0.39, 0.29) is 6.04 Å². The summed E-state index contributed by atoms with van der Waals surface area (Å²) < 4.78 is 38.6. The summed E-state index contributed by atoms with van der Waals surface area (Å²) in [6.45, 7) is 1.98. The maximum atomic E-state index is 12.9. The fourth-order valence-electron chi connectivity index (χ4n) is 2.32. The monoisotopic (exact) mass is 313 g/mol. The molecule has 0 saturated heterocycles. The molecule has 1 nitrogen and oxygen atoms in total. The number of alkyl halides is 3. The van der Waals surface area contributed by atoms with Gasteiger partial charge in [0, 0.05) is 17.0 Å². The zero-order valence-electron chi connectivity index (χ0n) is 11.7. The van der Waals surface area contributed by atoms with E-state index >= 15 is 0 Å². The van der Waals surface area contributed by atoms with Crippen LogP contribution >= 0.6 is 11.3 Å². The maximum absolute atomic E-state index is 12.9. The number of nitrogens with one attached hydrogen (secondary N) is 1. The Morgan fingerprint density at radius 1 is 1.05 bits per heavy atom. The molecular weight excluding hydrogens is 295 g/mol. The summed E-state index contributed by atoms with van der Waals surface area (Å²) in [7, 11) is 0. The largest absolute Gasteiger partial charge is 0.390 e. The van der Waals surface area contributed by atoms with Gasteiger partial charge in [0.15, 0.2) is 0 Å². The number of hydrogen-bond acceptors (Lipinski definition) is 2. The Hall–Kier alpha value is -1.33. The van der Waals surface area contributed by atoms with Crippen LogP contribution in [-0.2, 0) is 0 Å². The Kier molecular flexibility index (Phi) is 5.42. The van der Waals surface area contributed by atoms with Gasteiger partial charge >= 0.3 is 6.18 Å². The van der Waals surface area contributed by atoms with Crippen molar-refractivity contribution in [3.05, 3.63) is 58.3 Å². The lowest BCUT2D eigenvalue weighted by molar-refractivity contribution is -0.141. The first-order valence-corrected chi connectivity index (χ1v) is 7.78. The van der Waals surface area contributed by atoms with Gasteiger partial charge < -0.3 is 5.32 Å². The summed E-state index contributed by atoms with van der Waals surface area (Å²) in [5.74, 6) is 0. The first-order valence-electron chi connectivity index (χ1n) is 6.90. The van der Waals surface area contributed by atoms with Gasteiger partial charge in [-0.2, -0.15) is 13.2 Å². The molecule has 2 atom stereocenters. The molecule has 5 heteroatoms. The van der Waals surface area contributed by atoms with E-state index in [1.807, 2.05) is 30.5 Å². The van der Waals surface area contributed by atoms with Crippen LogP contribution in [0.25, 0.3) is 0 Å². The van der Waals surface area contributed by atoms with Crippen molar-refractivity contribution >= 4 is 11.3 Å². The lowest BCUT2D eigenvalue weighted by atomic mass is 10.0. The van der Waals surface area contributed by atoms with Crippen LogP contribution in [0.1, 0.15) is 42.3 Å². The van der Waals surface area contributed by atoms with Crippen molar-refractivity contribution in [3.8, 4) is 0 Å². The molecule has 0 spiro atoms. The zero-order chi connectivity index (χ0) is 15.3. The van der Waals surface area contributed by atoms with Gasteiger partial charge in [0.05, 0.1) is 6.42 Å². The molecule has 1 aromatic heterocycles. The second-order valence-electron chi connectivity index (χ2n) is 4.93. The summed E-state index contributed by atoms with van der Waals surface area (Å²) in [6, 6.07) is 11.9. The van der Waals surface area contributed by atoms with Crippen LogP contribution in [0, 0.1) is 0 Å². The Bertz CT molecular complexity index is 522. The lowest BCUT2D eigenvalue weighted by Crippen LogP contribution is -2.29. The normalized spacial score (nSPS) is 14.9. The van der Waals surface area contributed by atoms with Gasteiger partial charge in [-0.25, -0.2) is 0 Å². The topological polar surface area (TPSA) is 12.0 Å². The highest BCUT2D eigenvalue weighted by atomic mass is 32.1. The van der Waals surface area contributed by atoms with E-state index in [2.05, 4.69) is 5.32 Å². The lowest BCUT2D eigenvalue weighted by Gasteiger charge is -2.26. The second-order valence-corrected chi connectivity index (χ2v) is 5.90. The molecule has 2 rings (SSSR count). The molecule has 0 amide bonds. The summed E-state index contributed by atoms with van der Waals surface area (Å²) in [4.78, 5) is 1.07. The minimum atomic E-state index is -4.19. The van der Waals surface area contributed by atoms with Crippen molar-refractivity contribution in [2.75, 3.05) is 0 Å². The van der Waals surface area contributed by atoms with E-state index in [0.29, 0.717) is 5.56 Å². The summed E-state index contributed by atoms with van der Waals surface area (Å²) in [5, 5.41) is 5.11. The number of hydrogen-bond donors (Lipinski definition) is 1. The highest BCUT2D eigenvalue weighted by molar-refractivity contribution is 7.10. The molecule has 0 radical (unpaired) electrons. The van der Waals surface area contributed by atoms with Crippen LogP contribution in [0.2, 0.25) is 0 Å². The van der Waals surface area contributed by atoms with Gasteiger partial charge in [-0.3, -0.25) is 0 Å². The molecule has 0 bridgehead atoms. The van der Waals surface area contributed by atoms with Crippen LogP contribution in [0.5, 0.6) is 0 Å². The molecule has 114 valence electrons. The number of thiophene rings is 1. The Morgan fingerprint density at radius 3 is 2.29 bits per heavy atom. The average Bonchev–Trinajstić information content (AvgIpc) is 2.97. The highest BCUT2D eigenvalue weighted by Gasteiger charge is 2.33. The van der Waals surface area contributed by atoms with Gasteiger partial charge in [-0.1, -0.05) is 43.3 Å². The summed E-state index contributed by atoms with van der Waals surface area (Å²) >= 11 is 1.57. The van der Waals surface area contributed by atoms with Crippen LogP contribution < -0.4 is 5.32 Å². The molecule has 0 fully saturated rings. The van der Waals surface area contributed by atoms with Crippen molar-refractivity contribution in [2.24, 2.45) is 0 Å². The standard InChI is InChI=1S/C16H18F3NS/c1-2-13(15-9-6-10-21-15)20-14(11-16(17,18)19)12-7-4-3-5-8-12/h3-10,13-14,20H,2,11H2,1H3. The van der Waals surface area contributed by atoms with Gasteiger partial charge in [-0.15, -0.1) is 11.3 Å². The quantitative estimate of drug-likeness (QED) is 0.744. The zero-order valence-corrected chi connectivity index (χ0v) is 12.5. The SMILES string of the molecule is CCC(NC(CC(F)(F)F)c1ccccc1)c1cccs1. The van der Waals surface area contributed by atoms with Gasteiger partial charge in [0.1, 0.15) is 0 Å². The number of rotatable bonds is 6. The Labute approximate surface area is 126 Å². The number of benzene rings is 1. The van der Waals surface area contributed by atoms with E-state index in [4.69, 9.17) is 0 Å². The minimum absolute atomic E-state index is 0.0578. The minimum Gasteiger partial charge on any atom is -0.302 e. The van der Waals surface area contributed by atoms with E-state index in [9.17, 15) is 13.2 Å². The third-order valence-electron chi connectivity index (χ3n) is 3.33. The first-order chi connectivity index (χ1) is 9.99. The molecule has 1 aromatic carbocycles. The van der Waals surface area contributed by atoms with Crippen molar-refractivity contribution in [1.82, 2.24) is 5.32 Å². The molecule has 2 aromatic rings. The average molecular weight is 313 g/mol.